The topological polar surface area (TPSA) is 53.4 Å². The second-order valence-electron chi connectivity index (χ2n) is 4.20. The van der Waals surface area contributed by atoms with Crippen molar-refractivity contribution in [3.05, 3.63) is 60.3 Å². The standard InChI is InChI=1S/C16H16N2O2/c1-2-18(14-6-4-3-5-7-14)15-10-8-13(12-17-15)9-11-16(19)20/h3-12H,2H2,1H3,(H,19,20)/b11-9+. The molecular weight excluding hydrogens is 252 g/mol. The highest BCUT2D eigenvalue weighted by molar-refractivity contribution is 5.85. The van der Waals surface area contributed by atoms with Crippen molar-refractivity contribution in [3.63, 3.8) is 0 Å². The quantitative estimate of drug-likeness (QED) is 0.845. The van der Waals surface area contributed by atoms with Crippen LogP contribution in [0.3, 0.4) is 0 Å². The summed E-state index contributed by atoms with van der Waals surface area (Å²) >= 11 is 0. The Morgan fingerprint density at radius 3 is 2.55 bits per heavy atom. The van der Waals surface area contributed by atoms with Crippen LogP contribution < -0.4 is 4.90 Å². The zero-order valence-corrected chi connectivity index (χ0v) is 11.2. The average Bonchev–Trinajstić information content (AvgIpc) is 2.48. The molecule has 0 fully saturated rings. The molecule has 0 aliphatic rings. The lowest BCUT2D eigenvalue weighted by Crippen LogP contribution is -2.17. The minimum atomic E-state index is -0.964. The summed E-state index contributed by atoms with van der Waals surface area (Å²) in [5, 5.41) is 8.59. The highest BCUT2D eigenvalue weighted by atomic mass is 16.4. The number of para-hydroxylation sites is 1. The number of carboxylic acids is 1. The fourth-order valence-electron chi connectivity index (χ4n) is 1.91. The fourth-order valence-corrected chi connectivity index (χ4v) is 1.91. The number of hydrogen-bond donors (Lipinski definition) is 1. The molecule has 0 radical (unpaired) electrons. The molecule has 0 unspecified atom stereocenters. The van der Waals surface area contributed by atoms with Crippen molar-refractivity contribution in [1.29, 1.82) is 0 Å². The van der Waals surface area contributed by atoms with Crippen LogP contribution in [0, 0.1) is 0 Å². The second kappa shape index (κ2) is 6.52. The molecule has 0 bridgehead atoms. The maximum Gasteiger partial charge on any atom is 0.328 e. The van der Waals surface area contributed by atoms with Crippen LogP contribution >= 0.6 is 0 Å². The van der Waals surface area contributed by atoms with Crippen molar-refractivity contribution in [1.82, 2.24) is 4.98 Å². The lowest BCUT2D eigenvalue weighted by molar-refractivity contribution is -0.131. The largest absolute Gasteiger partial charge is 0.478 e. The van der Waals surface area contributed by atoms with E-state index in [-0.39, 0.29) is 0 Å². The number of benzene rings is 1. The molecule has 102 valence electrons. The number of nitrogens with zero attached hydrogens (tertiary/aromatic N) is 2. The van der Waals surface area contributed by atoms with E-state index in [1.165, 1.54) is 6.08 Å². The second-order valence-corrected chi connectivity index (χ2v) is 4.20. The molecule has 1 heterocycles. The molecule has 0 amide bonds. The van der Waals surface area contributed by atoms with Gasteiger partial charge in [0, 0.05) is 24.5 Å². The normalized spacial score (nSPS) is 10.7. The minimum Gasteiger partial charge on any atom is -0.478 e. The van der Waals surface area contributed by atoms with E-state index in [9.17, 15) is 4.79 Å². The van der Waals surface area contributed by atoms with E-state index in [2.05, 4.69) is 16.8 Å². The number of rotatable bonds is 5. The van der Waals surface area contributed by atoms with E-state index in [4.69, 9.17) is 5.11 Å². The van der Waals surface area contributed by atoms with Gasteiger partial charge in [-0.3, -0.25) is 0 Å². The van der Waals surface area contributed by atoms with E-state index < -0.39 is 5.97 Å². The van der Waals surface area contributed by atoms with E-state index in [0.29, 0.717) is 0 Å². The van der Waals surface area contributed by atoms with Crippen LogP contribution in [0.25, 0.3) is 6.08 Å². The predicted octanol–water partition coefficient (Wildman–Crippen LogP) is 3.34. The van der Waals surface area contributed by atoms with Crippen LogP contribution in [0.15, 0.2) is 54.7 Å². The van der Waals surface area contributed by atoms with Gasteiger partial charge in [-0.25, -0.2) is 9.78 Å². The van der Waals surface area contributed by atoms with Gasteiger partial charge < -0.3 is 10.0 Å². The van der Waals surface area contributed by atoms with Crippen LogP contribution in [0.4, 0.5) is 11.5 Å². The van der Waals surface area contributed by atoms with Gasteiger partial charge >= 0.3 is 5.97 Å². The summed E-state index contributed by atoms with van der Waals surface area (Å²) in [6.07, 6.45) is 4.30. The zero-order valence-electron chi connectivity index (χ0n) is 11.2. The Morgan fingerprint density at radius 2 is 2.00 bits per heavy atom. The smallest absolute Gasteiger partial charge is 0.328 e. The van der Waals surface area contributed by atoms with Crippen molar-refractivity contribution < 1.29 is 9.90 Å². The van der Waals surface area contributed by atoms with Gasteiger partial charge in [0.1, 0.15) is 5.82 Å². The van der Waals surface area contributed by atoms with Crippen LogP contribution in [0.2, 0.25) is 0 Å². The summed E-state index contributed by atoms with van der Waals surface area (Å²) in [4.78, 5) is 16.9. The Morgan fingerprint density at radius 1 is 1.25 bits per heavy atom. The third-order valence-electron chi connectivity index (χ3n) is 2.85. The van der Waals surface area contributed by atoms with Crippen molar-refractivity contribution in [2.75, 3.05) is 11.4 Å². The van der Waals surface area contributed by atoms with Gasteiger partial charge in [0.2, 0.25) is 0 Å². The molecule has 1 N–H and O–H groups in total. The van der Waals surface area contributed by atoms with Gasteiger partial charge in [-0.15, -0.1) is 0 Å². The number of hydrogen-bond acceptors (Lipinski definition) is 3. The van der Waals surface area contributed by atoms with Crippen molar-refractivity contribution in [2.45, 2.75) is 6.92 Å². The molecule has 0 aliphatic carbocycles. The third kappa shape index (κ3) is 3.45. The van der Waals surface area contributed by atoms with Crippen LogP contribution in [0.5, 0.6) is 0 Å². The van der Waals surface area contributed by atoms with Gasteiger partial charge in [0.15, 0.2) is 0 Å². The van der Waals surface area contributed by atoms with Gasteiger partial charge in [0.25, 0.3) is 0 Å². The summed E-state index contributed by atoms with van der Waals surface area (Å²) in [5.41, 5.74) is 1.84. The number of aromatic nitrogens is 1. The molecular formula is C16H16N2O2. The van der Waals surface area contributed by atoms with Crippen LogP contribution in [-0.4, -0.2) is 22.6 Å². The van der Waals surface area contributed by atoms with Crippen LogP contribution in [-0.2, 0) is 4.79 Å². The summed E-state index contributed by atoms with van der Waals surface area (Å²) in [6, 6.07) is 13.8. The number of carboxylic acid groups (broad SMARTS) is 1. The minimum absolute atomic E-state index is 0.764. The highest BCUT2D eigenvalue weighted by Gasteiger charge is 2.07. The number of pyridine rings is 1. The first-order valence-electron chi connectivity index (χ1n) is 6.40. The first-order valence-corrected chi connectivity index (χ1v) is 6.40. The summed E-state index contributed by atoms with van der Waals surface area (Å²) in [6.45, 7) is 2.87. The lowest BCUT2D eigenvalue weighted by atomic mass is 10.2. The molecule has 1 aromatic carbocycles. The van der Waals surface area contributed by atoms with Crippen molar-refractivity contribution in [2.24, 2.45) is 0 Å². The molecule has 1 aromatic heterocycles. The Kier molecular flexibility index (Phi) is 4.50. The fraction of sp³-hybridized carbons (Fsp3) is 0.125. The maximum absolute atomic E-state index is 10.5. The Hall–Kier alpha value is -2.62. The van der Waals surface area contributed by atoms with Crippen molar-refractivity contribution >= 4 is 23.6 Å². The molecule has 0 spiro atoms. The van der Waals surface area contributed by atoms with E-state index in [1.807, 2.05) is 42.5 Å². The molecule has 20 heavy (non-hydrogen) atoms. The first-order chi connectivity index (χ1) is 9.70. The Labute approximate surface area is 118 Å². The molecule has 4 nitrogen and oxygen atoms in total. The van der Waals surface area contributed by atoms with Gasteiger partial charge in [-0.05, 0) is 42.8 Å². The third-order valence-corrected chi connectivity index (χ3v) is 2.85. The van der Waals surface area contributed by atoms with Gasteiger partial charge in [-0.1, -0.05) is 18.2 Å². The lowest BCUT2D eigenvalue weighted by Gasteiger charge is -2.22. The number of aliphatic carboxylic acids is 1. The van der Waals surface area contributed by atoms with Crippen LogP contribution in [0.1, 0.15) is 12.5 Å². The Balaban J connectivity index is 2.22. The average molecular weight is 268 g/mol. The molecule has 0 saturated heterocycles. The molecule has 0 aliphatic heterocycles. The molecule has 4 heteroatoms. The monoisotopic (exact) mass is 268 g/mol. The van der Waals surface area contributed by atoms with E-state index in [0.717, 1.165) is 29.7 Å². The SMILES string of the molecule is CCN(c1ccccc1)c1ccc(/C=C/C(=O)O)cn1. The summed E-state index contributed by atoms with van der Waals surface area (Å²) in [7, 11) is 0. The van der Waals surface area contributed by atoms with E-state index >= 15 is 0 Å². The van der Waals surface area contributed by atoms with Crippen molar-refractivity contribution in [3.8, 4) is 0 Å². The first kappa shape index (κ1) is 13.8. The number of carbonyl (C=O) groups is 1. The zero-order chi connectivity index (χ0) is 14.4. The molecule has 2 aromatic rings. The van der Waals surface area contributed by atoms with Gasteiger partial charge in [0.05, 0.1) is 0 Å². The predicted molar refractivity (Wildman–Crippen MR) is 80.0 cm³/mol. The Bertz CT molecular complexity index is 592. The molecule has 0 saturated carbocycles. The highest BCUT2D eigenvalue weighted by Crippen LogP contribution is 2.22. The summed E-state index contributed by atoms with van der Waals surface area (Å²) in [5.74, 6) is -0.125. The van der Waals surface area contributed by atoms with Gasteiger partial charge in [-0.2, -0.15) is 0 Å². The molecule has 0 atom stereocenters. The molecule has 2 rings (SSSR count). The number of anilines is 2. The maximum atomic E-state index is 10.5. The van der Waals surface area contributed by atoms with E-state index in [1.54, 1.807) is 6.20 Å². The summed E-state index contributed by atoms with van der Waals surface area (Å²) < 4.78 is 0.